The first-order valence-corrected chi connectivity index (χ1v) is 10.3. The lowest BCUT2D eigenvalue weighted by atomic mass is 9.75. The first-order valence-electron chi connectivity index (χ1n) is 9.30. The monoisotopic (exact) mass is 362 g/mol. The average Bonchev–Trinajstić information content (AvgIpc) is 2.58. The summed E-state index contributed by atoms with van der Waals surface area (Å²) < 4.78 is 0. The van der Waals surface area contributed by atoms with E-state index >= 15 is 0 Å². The van der Waals surface area contributed by atoms with Gasteiger partial charge < -0.3 is 5.11 Å². The largest absolute Gasteiger partial charge is 0.507 e. The molecule has 0 saturated carbocycles. The number of aromatic hydroxyl groups is 1. The van der Waals surface area contributed by atoms with Gasteiger partial charge in [-0.2, -0.15) is 0 Å². The second-order valence-electron chi connectivity index (χ2n) is 7.87. The summed E-state index contributed by atoms with van der Waals surface area (Å²) in [7, 11) is 0. The van der Waals surface area contributed by atoms with Crippen molar-refractivity contribution in [2.24, 2.45) is 0 Å². The van der Waals surface area contributed by atoms with Crippen LogP contribution >= 0.6 is 11.8 Å². The van der Waals surface area contributed by atoms with Gasteiger partial charge >= 0.3 is 0 Å². The zero-order valence-electron chi connectivity index (χ0n) is 16.9. The molecule has 1 aromatic carbocycles. The minimum absolute atomic E-state index is 0.0714. The summed E-state index contributed by atoms with van der Waals surface area (Å²) in [5.74, 6) is 1.04. The molecule has 0 radical (unpaired) electrons. The lowest BCUT2D eigenvalue weighted by molar-refractivity contribution is 0.108. The number of hydrogen-bond donors (Lipinski definition) is 1. The molecule has 0 unspecified atom stereocenters. The first kappa shape index (κ1) is 21.8. The summed E-state index contributed by atoms with van der Waals surface area (Å²) >= 11 is 1.32. The summed E-state index contributed by atoms with van der Waals surface area (Å²) in [5.41, 5.74) is 2.10. The Morgan fingerprint density at radius 2 is 1.48 bits per heavy atom. The van der Waals surface area contributed by atoms with Crippen molar-refractivity contribution in [2.75, 3.05) is 5.75 Å². The van der Waals surface area contributed by atoms with E-state index in [0.717, 1.165) is 30.4 Å². The van der Waals surface area contributed by atoms with Crippen LogP contribution in [0.1, 0.15) is 89.2 Å². The smallest absolute Gasteiger partial charge is 0.219 e. The van der Waals surface area contributed by atoms with Crippen LogP contribution in [0, 0.1) is 0 Å². The number of carbonyl (C=O) groups is 1. The Balaban J connectivity index is 3.39. The molecular formula is C22H34O2S. The SMILES string of the molecule is CCC=CCSC(=O)c1cc(C(C)(C)CC)c(O)c(C(C)(C)CC)c1. The van der Waals surface area contributed by atoms with Crippen molar-refractivity contribution in [2.45, 2.75) is 78.6 Å². The number of phenolic OH excluding ortho intramolecular Hbond substituents is 1. The maximum atomic E-state index is 12.7. The maximum Gasteiger partial charge on any atom is 0.219 e. The molecule has 3 heteroatoms. The molecule has 2 nitrogen and oxygen atoms in total. The standard InChI is InChI=1S/C22H34O2S/c1-8-11-12-13-25-20(24)16-14-17(21(4,5)9-2)19(23)18(15-16)22(6,7)10-3/h11-12,14-15,23H,8-10,13H2,1-7H3. The van der Waals surface area contributed by atoms with E-state index in [9.17, 15) is 9.90 Å². The van der Waals surface area contributed by atoms with E-state index < -0.39 is 0 Å². The van der Waals surface area contributed by atoms with E-state index in [-0.39, 0.29) is 15.9 Å². The van der Waals surface area contributed by atoms with Gasteiger partial charge in [-0.3, -0.25) is 4.79 Å². The van der Waals surface area contributed by atoms with Gasteiger partial charge in [0.2, 0.25) is 5.12 Å². The summed E-state index contributed by atoms with van der Waals surface area (Å²) in [6.45, 7) is 14.8. The summed E-state index contributed by atoms with van der Waals surface area (Å²) in [5, 5.41) is 11.0. The number of hydrogen-bond acceptors (Lipinski definition) is 3. The Hall–Kier alpha value is -1.22. The molecule has 0 heterocycles. The molecule has 0 saturated heterocycles. The molecule has 0 aliphatic rings. The minimum Gasteiger partial charge on any atom is -0.507 e. The highest BCUT2D eigenvalue weighted by Crippen LogP contribution is 2.42. The van der Waals surface area contributed by atoms with Gasteiger partial charge in [0.05, 0.1) is 0 Å². The Morgan fingerprint density at radius 3 is 1.88 bits per heavy atom. The highest BCUT2D eigenvalue weighted by Gasteiger charge is 2.30. The maximum absolute atomic E-state index is 12.7. The minimum atomic E-state index is -0.175. The average molecular weight is 363 g/mol. The van der Waals surface area contributed by atoms with Crippen LogP contribution in [0.5, 0.6) is 5.75 Å². The van der Waals surface area contributed by atoms with E-state index in [0.29, 0.717) is 17.1 Å². The van der Waals surface area contributed by atoms with Crippen LogP contribution in [-0.2, 0) is 10.8 Å². The fourth-order valence-electron chi connectivity index (χ4n) is 2.61. The van der Waals surface area contributed by atoms with Crippen LogP contribution in [0.4, 0.5) is 0 Å². The molecule has 0 atom stereocenters. The van der Waals surface area contributed by atoms with Crippen molar-refractivity contribution < 1.29 is 9.90 Å². The predicted molar refractivity (Wildman–Crippen MR) is 111 cm³/mol. The van der Waals surface area contributed by atoms with Gasteiger partial charge in [-0.25, -0.2) is 0 Å². The summed E-state index contributed by atoms with van der Waals surface area (Å²) in [4.78, 5) is 12.7. The molecular weight excluding hydrogens is 328 g/mol. The van der Waals surface area contributed by atoms with Gasteiger partial charge in [-0.05, 0) is 42.2 Å². The second-order valence-corrected chi connectivity index (χ2v) is 8.87. The highest BCUT2D eigenvalue weighted by atomic mass is 32.2. The number of benzene rings is 1. The third-order valence-electron chi connectivity index (χ3n) is 5.28. The van der Waals surface area contributed by atoms with Crippen LogP contribution in [-0.4, -0.2) is 16.0 Å². The van der Waals surface area contributed by atoms with E-state index in [1.807, 2.05) is 18.2 Å². The first-order chi connectivity index (χ1) is 11.6. The quantitative estimate of drug-likeness (QED) is 0.529. The van der Waals surface area contributed by atoms with Crippen LogP contribution < -0.4 is 0 Å². The Morgan fingerprint density at radius 1 is 1.00 bits per heavy atom. The predicted octanol–water partition coefficient (Wildman–Crippen LogP) is 6.61. The molecule has 0 amide bonds. The van der Waals surface area contributed by atoms with Crippen molar-refractivity contribution in [1.29, 1.82) is 0 Å². The second kappa shape index (κ2) is 8.93. The number of allylic oxidation sites excluding steroid dienone is 1. The van der Waals surface area contributed by atoms with E-state index in [4.69, 9.17) is 0 Å². The third-order valence-corrected chi connectivity index (χ3v) is 6.14. The molecule has 1 aromatic rings. The van der Waals surface area contributed by atoms with Crippen LogP contribution in [0.15, 0.2) is 24.3 Å². The molecule has 0 aliphatic carbocycles. The fraction of sp³-hybridized carbons (Fsp3) is 0.591. The Labute approximate surface area is 158 Å². The number of carbonyl (C=O) groups excluding carboxylic acids is 1. The van der Waals surface area contributed by atoms with Gasteiger partial charge in [0, 0.05) is 22.4 Å². The third kappa shape index (κ3) is 5.37. The molecule has 0 fully saturated rings. The van der Waals surface area contributed by atoms with Crippen LogP contribution in [0.25, 0.3) is 0 Å². The molecule has 1 rings (SSSR count). The topological polar surface area (TPSA) is 37.3 Å². The molecule has 0 spiro atoms. The zero-order chi connectivity index (χ0) is 19.3. The van der Waals surface area contributed by atoms with Crippen molar-refractivity contribution in [1.82, 2.24) is 0 Å². The van der Waals surface area contributed by atoms with E-state index in [1.165, 1.54) is 11.8 Å². The summed E-state index contributed by atoms with van der Waals surface area (Å²) in [6.07, 6.45) is 6.90. The van der Waals surface area contributed by atoms with Gasteiger partial charge in [-0.1, -0.05) is 72.4 Å². The van der Waals surface area contributed by atoms with Crippen LogP contribution in [0.3, 0.4) is 0 Å². The van der Waals surface area contributed by atoms with Crippen molar-refractivity contribution in [3.8, 4) is 5.75 Å². The van der Waals surface area contributed by atoms with Gasteiger partial charge in [0.15, 0.2) is 0 Å². The van der Waals surface area contributed by atoms with Gasteiger partial charge in [-0.15, -0.1) is 0 Å². The van der Waals surface area contributed by atoms with Crippen molar-refractivity contribution >= 4 is 16.9 Å². The molecule has 140 valence electrons. The number of phenols is 1. The summed E-state index contributed by atoms with van der Waals surface area (Å²) in [6, 6.07) is 3.79. The van der Waals surface area contributed by atoms with Crippen LogP contribution in [0.2, 0.25) is 0 Å². The molecule has 0 aromatic heterocycles. The fourth-order valence-corrected chi connectivity index (χ4v) is 3.28. The number of thioether (sulfide) groups is 1. The lowest BCUT2D eigenvalue weighted by Gasteiger charge is -2.31. The van der Waals surface area contributed by atoms with Gasteiger partial charge in [0.25, 0.3) is 0 Å². The normalized spacial score (nSPS) is 12.8. The Bertz CT molecular complexity index is 590. The molecule has 1 N–H and O–H groups in total. The molecule has 0 aliphatic heterocycles. The van der Waals surface area contributed by atoms with E-state index in [1.54, 1.807) is 0 Å². The molecule has 25 heavy (non-hydrogen) atoms. The van der Waals surface area contributed by atoms with E-state index in [2.05, 4.69) is 54.5 Å². The number of rotatable bonds is 8. The Kier molecular flexibility index (Phi) is 7.80. The van der Waals surface area contributed by atoms with Crippen molar-refractivity contribution in [3.05, 3.63) is 41.0 Å². The highest BCUT2D eigenvalue weighted by molar-refractivity contribution is 8.14. The van der Waals surface area contributed by atoms with Crippen molar-refractivity contribution in [3.63, 3.8) is 0 Å². The van der Waals surface area contributed by atoms with Gasteiger partial charge in [0.1, 0.15) is 5.75 Å². The zero-order valence-corrected chi connectivity index (χ0v) is 17.7. The lowest BCUT2D eigenvalue weighted by Crippen LogP contribution is -2.22. The molecule has 0 bridgehead atoms.